The Labute approximate surface area is 152 Å². The molecule has 1 N–H and O–H groups in total. The van der Waals surface area contributed by atoms with Crippen molar-refractivity contribution in [3.63, 3.8) is 0 Å². The average Bonchev–Trinajstić information content (AvgIpc) is 2.58. The van der Waals surface area contributed by atoms with Crippen molar-refractivity contribution in [3.8, 4) is 0 Å². The van der Waals surface area contributed by atoms with Crippen molar-refractivity contribution in [3.05, 3.63) is 57.4 Å². The summed E-state index contributed by atoms with van der Waals surface area (Å²) in [5.41, 5.74) is 3.22. The van der Waals surface area contributed by atoms with Crippen molar-refractivity contribution in [1.29, 1.82) is 0 Å². The smallest absolute Gasteiger partial charge is 0.336 e. The van der Waals surface area contributed by atoms with Crippen molar-refractivity contribution >= 4 is 23.4 Å². The molecule has 0 fully saturated rings. The fourth-order valence-corrected chi connectivity index (χ4v) is 3.77. The highest BCUT2D eigenvalue weighted by atomic mass is 35.5. The normalized spacial score (nSPS) is 22.4. The van der Waals surface area contributed by atoms with E-state index in [4.69, 9.17) is 16.3 Å². The zero-order valence-corrected chi connectivity index (χ0v) is 15.7. The Morgan fingerprint density at radius 2 is 1.92 bits per heavy atom. The monoisotopic (exact) mass is 359 g/mol. The maximum absolute atomic E-state index is 13.2. The Balaban J connectivity index is 2.21. The highest BCUT2D eigenvalue weighted by Gasteiger charge is 2.44. The second-order valence-electron chi connectivity index (χ2n) is 7.25. The first-order chi connectivity index (χ1) is 11.8. The third kappa shape index (κ3) is 2.99. The lowest BCUT2D eigenvalue weighted by molar-refractivity contribution is -0.136. The fourth-order valence-electron chi connectivity index (χ4n) is 3.65. The average molecular weight is 360 g/mol. The predicted octanol–water partition coefficient (Wildman–Crippen LogP) is 4.12. The lowest BCUT2D eigenvalue weighted by atomic mass is 9.67. The maximum Gasteiger partial charge on any atom is 0.336 e. The Bertz CT molecular complexity index is 803. The molecule has 1 aromatic carbocycles. The molecule has 4 nitrogen and oxygen atoms in total. The molecule has 2 aliphatic rings. The topological polar surface area (TPSA) is 55.4 Å². The molecule has 1 aromatic rings. The van der Waals surface area contributed by atoms with E-state index >= 15 is 0 Å². The Hall–Kier alpha value is -2.07. The summed E-state index contributed by atoms with van der Waals surface area (Å²) < 4.78 is 5.01. The molecule has 0 radical (unpaired) electrons. The molecule has 132 valence electrons. The van der Waals surface area contributed by atoms with Gasteiger partial charge in [-0.05, 0) is 37.5 Å². The number of carbonyl (C=O) groups excluding carboxylic acids is 2. The Morgan fingerprint density at radius 3 is 2.52 bits per heavy atom. The van der Waals surface area contributed by atoms with Gasteiger partial charge in [0.1, 0.15) is 0 Å². The molecule has 1 aliphatic heterocycles. The van der Waals surface area contributed by atoms with E-state index in [-0.39, 0.29) is 5.78 Å². The summed E-state index contributed by atoms with van der Waals surface area (Å²) in [7, 11) is 1.36. The van der Waals surface area contributed by atoms with Crippen LogP contribution in [0.3, 0.4) is 0 Å². The summed E-state index contributed by atoms with van der Waals surface area (Å²) in [5.74, 6) is -0.782. The molecule has 0 bridgehead atoms. The molecule has 0 amide bonds. The number of ether oxygens (including phenoxy) is 1. The SMILES string of the molecule is COC(=O)C1=C(C)NC2=C(C(=O)C(C)(C)CC2)C1c1ccc(Cl)cc1. The number of rotatable bonds is 2. The largest absolute Gasteiger partial charge is 0.466 e. The van der Waals surface area contributed by atoms with Crippen molar-refractivity contribution < 1.29 is 14.3 Å². The molecular formula is C20H22ClNO3. The van der Waals surface area contributed by atoms with Gasteiger partial charge in [0.15, 0.2) is 5.78 Å². The number of hydrogen-bond acceptors (Lipinski definition) is 4. The summed E-state index contributed by atoms with van der Waals surface area (Å²) in [4.78, 5) is 25.7. The van der Waals surface area contributed by atoms with Gasteiger partial charge in [-0.25, -0.2) is 4.79 Å². The second kappa shape index (κ2) is 6.34. The molecular weight excluding hydrogens is 338 g/mol. The van der Waals surface area contributed by atoms with Crippen LogP contribution in [0, 0.1) is 5.41 Å². The van der Waals surface area contributed by atoms with Crippen LogP contribution in [0.15, 0.2) is 46.8 Å². The molecule has 0 saturated heterocycles. The third-order valence-corrected chi connectivity index (χ3v) is 5.36. The number of dihydropyridines is 1. The number of nitrogens with one attached hydrogen (secondary N) is 1. The standard InChI is InChI=1S/C20H22ClNO3/c1-11-15(19(24)25-4)16(12-5-7-13(21)8-6-12)17-14(22-11)9-10-20(2,3)18(17)23/h5-8,16,22H,9-10H2,1-4H3. The van der Waals surface area contributed by atoms with Crippen LogP contribution < -0.4 is 5.32 Å². The van der Waals surface area contributed by atoms with Crippen LogP contribution in [-0.4, -0.2) is 18.9 Å². The fraction of sp³-hybridized carbons (Fsp3) is 0.400. The first-order valence-electron chi connectivity index (χ1n) is 8.35. The summed E-state index contributed by atoms with van der Waals surface area (Å²) in [6, 6.07) is 7.30. The van der Waals surface area contributed by atoms with Gasteiger partial charge in [-0.2, -0.15) is 0 Å². The number of allylic oxidation sites excluding steroid dienone is 3. The molecule has 0 aromatic heterocycles. The molecule has 0 saturated carbocycles. The van der Waals surface area contributed by atoms with Gasteiger partial charge in [0, 0.05) is 33.3 Å². The highest BCUT2D eigenvalue weighted by molar-refractivity contribution is 6.30. The van der Waals surface area contributed by atoms with E-state index in [0.29, 0.717) is 16.2 Å². The summed E-state index contributed by atoms with van der Waals surface area (Å²) in [6.07, 6.45) is 1.57. The number of halogens is 1. The number of methoxy groups -OCH3 is 1. The lowest BCUT2D eigenvalue weighted by Gasteiger charge is -2.39. The van der Waals surface area contributed by atoms with E-state index < -0.39 is 17.3 Å². The van der Waals surface area contributed by atoms with Crippen LogP contribution in [-0.2, 0) is 14.3 Å². The maximum atomic E-state index is 13.2. The Kier molecular flexibility index (Phi) is 4.50. The van der Waals surface area contributed by atoms with E-state index in [1.54, 1.807) is 12.1 Å². The van der Waals surface area contributed by atoms with Gasteiger partial charge in [-0.1, -0.05) is 37.6 Å². The van der Waals surface area contributed by atoms with E-state index in [9.17, 15) is 9.59 Å². The molecule has 0 spiro atoms. The van der Waals surface area contributed by atoms with E-state index in [1.165, 1.54) is 7.11 Å². The van der Waals surface area contributed by atoms with Gasteiger partial charge in [-0.15, -0.1) is 0 Å². The highest BCUT2D eigenvalue weighted by Crippen LogP contribution is 2.46. The first-order valence-corrected chi connectivity index (χ1v) is 8.73. The minimum absolute atomic E-state index is 0.0788. The van der Waals surface area contributed by atoms with E-state index in [1.807, 2.05) is 32.9 Å². The zero-order valence-electron chi connectivity index (χ0n) is 14.9. The van der Waals surface area contributed by atoms with Gasteiger partial charge in [0.25, 0.3) is 0 Å². The molecule has 3 rings (SSSR count). The third-order valence-electron chi connectivity index (χ3n) is 5.11. The van der Waals surface area contributed by atoms with Gasteiger partial charge in [0.2, 0.25) is 0 Å². The van der Waals surface area contributed by atoms with Gasteiger partial charge >= 0.3 is 5.97 Å². The Morgan fingerprint density at radius 1 is 1.28 bits per heavy atom. The van der Waals surface area contributed by atoms with Crippen LogP contribution in [0.4, 0.5) is 0 Å². The van der Waals surface area contributed by atoms with Crippen molar-refractivity contribution in [2.45, 2.75) is 39.5 Å². The number of benzene rings is 1. The number of esters is 1. The second-order valence-corrected chi connectivity index (χ2v) is 7.68. The van der Waals surface area contributed by atoms with Gasteiger partial charge in [0.05, 0.1) is 12.7 Å². The van der Waals surface area contributed by atoms with Crippen molar-refractivity contribution in [2.24, 2.45) is 5.41 Å². The lowest BCUT2D eigenvalue weighted by Crippen LogP contribution is -2.40. The molecule has 1 heterocycles. The summed E-state index contributed by atoms with van der Waals surface area (Å²) >= 11 is 6.02. The van der Waals surface area contributed by atoms with Crippen LogP contribution in [0.5, 0.6) is 0 Å². The van der Waals surface area contributed by atoms with Crippen LogP contribution >= 0.6 is 11.6 Å². The number of Topliss-reactive ketones (excluding diaryl/α,β-unsaturated/α-hetero) is 1. The molecule has 1 atom stereocenters. The molecule has 1 aliphatic carbocycles. The van der Waals surface area contributed by atoms with E-state index in [0.717, 1.165) is 29.8 Å². The summed E-state index contributed by atoms with van der Waals surface area (Å²) in [6.45, 7) is 5.77. The van der Waals surface area contributed by atoms with Gasteiger partial charge in [-0.3, -0.25) is 4.79 Å². The molecule has 25 heavy (non-hydrogen) atoms. The quantitative estimate of drug-likeness (QED) is 0.807. The van der Waals surface area contributed by atoms with Crippen LogP contribution in [0.25, 0.3) is 0 Å². The number of hydrogen-bond donors (Lipinski definition) is 1. The predicted molar refractivity (Wildman–Crippen MR) is 97.1 cm³/mol. The van der Waals surface area contributed by atoms with Crippen LogP contribution in [0.2, 0.25) is 5.02 Å². The van der Waals surface area contributed by atoms with Crippen molar-refractivity contribution in [2.75, 3.05) is 7.11 Å². The zero-order chi connectivity index (χ0) is 18.4. The molecule has 1 unspecified atom stereocenters. The minimum Gasteiger partial charge on any atom is -0.466 e. The first kappa shape index (κ1) is 17.7. The van der Waals surface area contributed by atoms with Crippen LogP contribution in [0.1, 0.15) is 45.1 Å². The number of carbonyl (C=O) groups is 2. The number of ketones is 1. The minimum atomic E-state index is -0.447. The van der Waals surface area contributed by atoms with Crippen molar-refractivity contribution in [1.82, 2.24) is 5.32 Å². The van der Waals surface area contributed by atoms with E-state index in [2.05, 4.69) is 5.32 Å². The molecule has 5 heteroatoms. The van der Waals surface area contributed by atoms with Gasteiger partial charge < -0.3 is 10.1 Å². The summed E-state index contributed by atoms with van der Waals surface area (Å²) in [5, 5.41) is 3.89.